The van der Waals surface area contributed by atoms with Crippen LogP contribution in [0.1, 0.15) is 39.5 Å². The zero-order chi connectivity index (χ0) is 10.8. The van der Waals surface area contributed by atoms with Crippen molar-refractivity contribution in [1.82, 2.24) is 0 Å². The molecular weight excluding hydrogens is 188 g/mol. The van der Waals surface area contributed by atoms with Gasteiger partial charge in [-0.3, -0.25) is 0 Å². The van der Waals surface area contributed by atoms with E-state index in [1.807, 2.05) is 13.8 Å². The first kappa shape index (κ1) is 11.9. The summed E-state index contributed by atoms with van der Waals surface area (Å²) in [6.07, 6.45) is 0.605. The number of alkyl halides is 2. The van der Waals surface area contributed by atoms with Crippen molar-refractivity contribution in [2.24, 2.45) is 5.73 Å². The fourth-order valence-corrected chi connectivity index (χ4v) is 1.59. The van der Waals surface area contributed by atoms with Gasteiger partial charge in [0, 0.05) is 18.4 Å². The molecule has 0 heterocycles. The van der Waals surface area contributed by atoms with Crippen LogP contribution in [-0.2, 0) is 4.74 Å². The lowest BCUT2D eigenvalue weighted by Gasteiger charge is -2.37. The van der Waals surface area contributed by atoms with Crippen LogP contribution in [0.5, 0.6) is 0 Å². The van der Waals surface area contributed by atoms with Crippen molar-refractivity contribution < 1.29 is 13.5 Å². The van der Waals surface area contributed by atoms with Crippen LogP contribution in [-0.4, -0.2) is 24.2 Å². The molecule has 4 heteroatoms. The Bertz CT molecular complexity index is 179. The van der Waals surface area contributed by atoms with E-state index in [2.05, 4.69) is 0 Å². The summed E-state index contributed by atoms with van der Waals surface area (Å²) in [5, 5.41) is 0. The molecular formula is C10H19F2NO. The lowest BCUT2D eigenvalue weighted by Crippen LogP contribution is -2.50. The van der Waals surface area contributed by atoms with Crippen LogP contribution in [0.15, 0.2) is 0 Å². The van der Waals surface area contributed by atoms with E-state index in [1.165, 1.54) is 0 Å². The Labute approximate surface area is 83.8 Å². The van der Waals surface area contributed by atoms with Crippen LogP contribution < -0.4 is 5.73 Å². The molecule has 0 spiro atoms. The maximum atomic E-state index is 12.9. The molecule has 0 radical (unpaired) electrons. The van der Waals surface area contributed by atoms with Gasteiger partial charge in [-0.05, 0) is 26.7 Å². The number of rotatable bonds is 3. The van der Waals surface area contributed by atoms with Crippen molar-refractivity contribution in [3.05, 3.63) is 0 Å². The summed E-state index contributed by atoms with van der Waals surface area (Å²) >= 11 is 0. The molecule has 1 aliphatic rings. The molecule has 1 fully saturated rings. The molecule has 0 saturated heterocycles. The van der Waals surface area contributed by atoms with E-state index in [4.69, 9.17) is 10.5 Å². The van der Waals surface area contributed by atoms with Gasteiger partial charge in [-0.1, -0.05) is 0 Å². The zero-order valence-electron chi connectivity index (χ0n) is 8.85. The summed E-state index contributed by atoms with van der Waals surface area (Å²) in [7, 11) is 0. The molecule has 0 bridgehead atoms. The second-order valence-corrected chi connectivity index (χ2v) is 4.58. The van der Waals surface area contributed by atoms with E-state index in [1.54, 1.807) is 0 Å². The summed E-state index contributed by atoms with van der Waals surface area (Å²) in [6.45, 7) is 4.22. The minimum absolute atomic E-state index is 0.106. The molecule has 1 aliphatic carbocycles. The number of hydrogen-bond acceptors (Lipinski definition) is 2. The van der Waals surface area contributed by atoms with Gasteiger partial charge in [0.25, 0.3) is 0 Å². The van der Waals surface area contributed by atoms with E-state index < -0.39 is 11.5 Å². The largest absolute Gasteiger partial charge is 0.377 e. The van der Waals surface area contributed by atoms with Gasteiger partial charge in [0.2, 0.25) is 5.92 Å². The first-order valence-electron chi connectivity index (χ1n) is 5.11. The van der Waals surface area contributed by atoms with Crippen molar-refractivity contribution in [1.29, 1.82) is 0 Å². The number of nitrogens with two attached hydrogens (primary N) is 1. The van der Waals surface area contributed by atoms with Gasteiger partial charge in [0.15, 0.2) is 0 Å². The van der Waals surface area contributed by atoms with Crippen LogP contribution in [0, 0.1) is 0 Å². The summed E-state index contributed by atoms with van der Waals surface area (Å²) in [4.78, 5) is 0. The zero-order valence-corrected chi connectivity index (χ0v) is 8.85. The Morgan fingerprint density at radius 3 is 2.14 bits per heavy atom. The molecule has 0 amide bonds. The van der Waals surface area contributed by atoms with Gasteiger partial charge >= 0.3 is 0 Å². The van der Waals surface area contributed by atoms with Crippen LogP contribution in [0.3, 0.4) is 0 Å². The molecule has 2 N–H and O–H groups in total. The monoisotopic (exact) mass is 207 g/mol. The van der Waals surface area contributed by atoms with E-state index in [0.29, 0.717) is 19.4 Å². The van der Waals surface area contributed by atoms with E-state index in [0.717, 1.165) is 0 Å². The van der Waals surface area contributed by atoms with Crippen molar-refractivity contribution in [3.8, 4) is 0 Å². The highest BCUT2D eigenvalue weighted by Crippen LogP contribution is 2.37. The Morgan fingerprint density at radius 2 is 1.71 bits per heavy atom. The third-order valence-electron chi connectivity index (χ3n) is 2.68. The molecule has 2 nitrogen and oxygen atoms in total. The number of ether oxygens (including phenoxy) is 1. The number of halogens is 2. The fraction of sp³-hybridized carbons (Fsp3) is 1.00. The lowest BCUT2D eigenvalue weighted by atomic mass is 9.81. The van der Waals surface area contributed by atoms with Gasteiger partial charge in [-0.25, -0.2) is 8.78 Å². The van der Waals surface area contributed by atoms with Gasteiger partial charge in [-0.15, -0.1) is 0 Å². The van der Waals surface area contributed by atoms with E-state index in [9.17, 15) is 8.78 Å². The second kappa shape index (κ2) is 4.11. The molecule has 0 aliphatic heterocycles. The molecule has 14 heavy (non-hydrogen) atoms. The molecule has 1 rings (SSSR count). The highest BCUT2D eigenvalue weighted by Gasteiger charge is 2.41. The third kappa shape index (κ3) is 3.50. The quantitative estimate of drug-likeness (QED) is 0.770. The van der Waals surface area contributed by atoms with Crippen LogP contribution in [0.4, 0.5) is 8.78 Å². The summed E-state index contributed by atoms with van der Waals surface area (Å²) in [5.41, 5.74) is 5.43. The molecule has 0 aromatic rings. The maximum Gasteiger partial charge on any atom is 0.248 e. The Hall–Kier alpha value is -0.220. The predicted molar refractivity (Wildman–Crippen MR) is 51.4 cm³/mol. The van der Waals surface area contributed by atoms with Crippen molar-refractivity contribution >= 4 is 0 Å². The molecule has 0 aromatic heterocycles. The Morgan fingerprint density at radius 1 is 1.21 bits per heavy atom. The molecule has 84 valence electrons. The minimum atomic E-state index is -2.51. The Kier molecular flexibility index (Phi) is 3.48. The van der Waals surface area contributed by atoms with E-state index >= 15 is 0 Å². The maximum absolute atomic E-state index is 12.9. The average molecular weight is 207 g/mol. The molecule has 1 saturated carbocycles. The minimum Gasteiger partial charge on any atom is -0.377 e. The summed E-state index contributed by atoms with van der Waals surface area (Å²) < 4.78 is 31.1. The molecule has 0 atom stereocenters. The molecule has 0 aromatic carbocycles. The van der Waals surface area contributed by atoms with Gasteiger partial charge in [-0.2, -0.15) is 0 Å². The Balaban J connectivity index is 2.37. The fourth-order valence-electron chi connectivity index (χ4n) is 1.59. The van der Waals surface area contributed by atoms with Crippen molar-refractivity contribution in [2.75, 3.05) is 6.61 Å². The SMILES string of the molecule is CC(C)OCC1(N)CCC(F)(F)CC1. The normalized spacial score (nSPS) is 25.3. The molecule has 0 unspecified atom stereocenters. The highest BCUT2D eigenvalue weighted by atomic mass is 19.3. The topological polar surface area (TPSA) is 35.2 Å². The van der Waals surface area contributed by atoms with E-state index in [-0.39, 0.29) is 18.9 Å². The van der Waals surface area contributed by atoms with Gasteiger partial charge in [0.1, 0.15) is 0 Å². The first-order valence-corrected chi connectivity index (χ1v) is 5.11. The van der Waals surface area contributed by atoms with Crippen LogP contribution >= 0.6 is 0 Å². The number of hydrogen-bond donors (Lipinski definition) is 1. The van der Waals surface area contributed by atoms with Gasteiger partial charge in [0.05, 0.1) is 12.7 Å². The lowest BCUT2D eigenvalue weighted by molar-refractivity contribution is -0.0673. The second-order valence-electron chi connectivity index (χ2n) is 4.58. The standard InChI is InChI=1S/C10H19F2NO/c1-8(2)14-7-9(13)3-5-10(11,12)6-4-9/h8H,3-7,13H2,1-2H3. The third-order valence-corrected chi connectivity index (χ3v) is 2.68. The van der Waals surface area contributed by atoms with Crippen molar-refractivity contribution in [3.63, 3.8) is 0 Å². The smallest absolute Gasteiger partial charge is 0.248 e. The van der Waals surface area contributed by atoms with Crippen LogP contribution in [0.2, 0.25) is 0 Å². The van der Waals surface area contributed by atoms with Gasteiger partial charge < -0.3 is 10.5 Å². The van der Waals surface area contributed by atoms with Crippen LogP contribution in [0.25, 0.3) is 0 Å². The predicted octanol–water partition coefficient (Wildman–Crippen LogP) is 2.32. The summed E-state index contributed by atoms with van der Waals surface area (Å²) in [6, 6.07) is 0. The first-order chi connectivity index (χ1) is 6.33. The van der Waals surface area contributed by atoms with Crippen molar-refractivity contribution in [2.45, 2.75) is 57.1 Å². The highest BCUT2D eigenvalue weighted by molar-refractivity contribution is 4.92. The summed E-state index contributed by atoms with van der Waals surface area (Å²) in [5.74, 6) is -2.51. The average Bonchev–Trinajstić information content (AvgIpc) is 2.08.